The Balaban J connectivity index is 1.58. The van der Waals surface area contributed by atoms with Gasteiger partial charge in [-0.25, -0.2) is 0 Å². The van der Waals surface area contributed by atoms with Crippen molar-refractivity contribution < 1.29 is 26.9 Å². The summed E-state index contributed by atoms with van der Waals surface area (Å²) in [5.41, 5.74) is 2.25. The second-order valence-corrected chi connectivity index (χ2v) is 8.27. The fourth-order valence-electron chi connectivity index (χ4n) is 3.05. The van der Waals surface area contributed by atoms with E-state index in [1.54, 1.807) is 6.08 Å². The number of carbonyl (C=O) groups is 1. The minimum Gasteiger partial charge on any atom is -0.497 e. The first kappa shape index (κ1) is 19.7. The second kappa shape index (κ2) is 7.68. The standard InChI is InChI=1S/C23H18O6S/c1-15-4-3-5-16(12-15)13-22-23(24)20-11-8-18(14-21(20)28-22)29-30(25,26)19-9-6-17(27-2)7-10-19/h3-14H,1-2H3/b22-13-. The monoisotopic (exact) mass is 422 g/mol. The summed E-state index contributed by atoms with van der Waals surface area (Å²) in [5.74, 6) is 0.739. The zero-order valence-electron chi connectivity index (χ0n) is 16.3. The summed E-state index contributed by atoms with van der Waals surface area (Å²) < 4.78 is 41.0. The first-order valence-corrected chi connectivity index (χ1v) is 10.5. The third-order valence-electron chi connectivity index (χ3n) is 4.54. The van der Waals surface area contributed by atoms with Crippen molar-refractivity contribution in [3.8, 4) is 17.2 Å². The molecule has 0 radical (unpaired) electrons. The number of ether oxygens (including phenoxy) is 2. The van der Waals surface area contributed by atoms with Crippen LogP contribution in [-0.4, -0.2) is 21.3 Å². The molecule has 0 saturated carbocycles. The minimum atomic E-state index is -4.05. The van der Waals surface area contributed by atoms with Crippen LogP contribution in [0, 0.1) is 6.92 Å². The summed E-state index contributed by atoms with van der Waals surface area (Å²) in [7, 11) is -2.55. The zero-order valence-corrected chi connectivity index (χ0v) is 17.1. The van der Waals surface area contributed by atoms with E-state index in [9.17, 15) is 13.2 Å². The molecule has 7 heteroatoms. The lowest BCUT2D eigenvalue weighted by molar-refractivity contribution is 0.101. The number of carbonyl (C=O) groups excluding carboxylic acids is 1. The van der Waals surface area contributed by atoms with Crippen LogP contribution in [0.5, 0.6) is 17.2 Å². The summed E-state index contributed by atoms with van der Waals surface area (Å²) in [6.45, 7) is 1.96. The third kappa shape index (κ3) is 3.92. The molecule has 1 heterocycles. The van der Waals surface area contributed by atoms with Crippen LogP contribution in [0.4, 0.5) is 0 Å². The molecule has 0 unspecified atom stereocenters. The van der Waals surface area contributed by atoms with Crippen LogP contribution in [0.25, 0.3) is 6.08 Å². The van der Waals surface area contributed by atoms with Crippen LogP contribution in [0.2, 0.25) is 0 Å². The molecule has 0 fully saturated rings. The zero-order chi connectivity index (χ0) is 21.3. The smallest absolute Gasteiger partial charge is 0.339 e. The average Bonchev–Trinajstić information content (AvgIpc) is 3.02. The molecule has 3 aromatic carbocycles. The predicted octanol–water partition coefficient (Wildman–Crippen LogP) is 4.39. The van der Waals surface area contributed by atoms with Gasteiger partial charge < -0.3 is 13.7 Å². The van der Waals surface area contributed by atoms with Crippen molar-refractivity contribution >= 4 is 22.0 Å². The number of rotatable bonds is 5. The summed E-state index contributed by atoms with van der Waals surface area (Å²) in [5, 5.41) is 0. The lowest BCUT2D eigenvalue weighted by Crippen LogP contribution is -2.09. The van der Waals surface area contributed by atoms with Gasteiger partial charge in [-0.1, -0.05) is 29.8 Å². The molecule has 0 atom stereocenters. The Hall–Kier alpha value is -3.58. The molecule has 4 rings (SSSR count). The number of aryl methyl sites for hydroxylation is 1. The van der Waals surface area contributed by atoms with Crippen molar-refractivity contribution in [2.75, 3.05) is 7.11 Å². The van der Waals surface area contributed by atoms with E-state index in [2.05, 4.69) is 0 Å². The predicted molar refractivity (Wildman–Crippen MR) is 111 cm³/mol. The average molecular weight is 422 g/mol. The van der Waals surface area contributed by atoms with Gasteiger partial charge in [0.2, 0.25) is 5.78 Å². The van der Waals surface area contributed by atoms with Gasteiger partial charge in [-0.2, -0.15) is 8.42 Å². The molecule has 0 aromatic heterocycles. The first-order valence-electron chi connectivity index (χ1n) is 9.09. The Labute approximate surface area is 174 Å². The van der Waals surface area contributed by atoms with Gasteiger partial charge in [-0.15, -0.1) is 0 Å². The van der Waals surface area contributed by atoms with Crippen LogP contribution in [0.15, 0.2) is 77.4 Å². The van der Waals surface area contributed by atoms with E-state index >= 15 is 0 Å². The van der Waals surface area contributed by atoms with Gasteiger partial charge in [0.15, 0.2) is 5.76 Å². The highest BCUT2D eigenvalue weighted by molar-refractivity contribution is 7.87. The molecule has 0 amide bonds. The van der Waals surface area contributed by atoms with Gasteiger partial charge in [0.25, 0.3) is 0 Å². The molecule has 0 N–H and O–H groups in total. The molecule has 1 aliphatic rings. The topological polar surface area (TPSA) is 78.9 Å². The summed E-state index contributed by atoms with van der Waals surface area (Å²) in [6, 6.07) is 17.8. The maximum Gasteiger partial charge on any atom is 0.339 e. The normalized spacial score (nSPS) is 14.3. The van der Waals surface area contributed by atoms with Crippen molar-refractivity contribution in [2.45, 2.75) is 11.8 Å². The lowest BCUT2D eigenvalue weighted by atomic mass is 10.1. The van der Waals surface area contributed by atoms with E-state index in [0.717, 1.165) is 11.1 Å². The van der Waals surface area contributed by atoms with Crippen molar-refractivity contribution in [1.29, 1.82) is 0 Å². The van der Waals surface area contributed by atoms with Crippen LogP contribution < -0.4 is 13.7 Å². The number of hydrogen-bond acceptors (Lipinski definition) is 6. The number of fused-ring (bicyclic) bond motifs is 1. The number of methoxy groups -OCH3 is 1. The maximum absolute atomic E-state index is 12.6. The van der Waals surface area contributed by atoms with Crippen LogP contribution in [-0.2, 0) is 10.1 Å². The van der Waals surface area contributed by atoms with Gasteiger partial charge in [0, 0.05) is 6.07 Å². The molecule has 1 aliphatic heterocycles. The van der Waals surface area contributed by atoms with Crippen molar-refractivity contribution in [3.05, 3.63) is 89.2 Å². The summed E-state index contributed by atoms with van der Waals surface area (Å²) in [6.07, 6.45) is 1.66. The molecule has 0 bridgehead atoms. The van der Waals surface area contributed by atoms with Gasteiger partial charge >= 0.3 is 10.1 Å². The minimum absolute atomic E-state index is 0.0131. The molecule has 0 aliphatic carbocycles. The summed E-state index contributed by atoms with van der Waals surface area (Å²) >= 11 is 0. The van der Waals surface area contributed by atoms with Crippen molar-refractivity contribution in [1.82, 2.24) is 0 Å². The molecule has 3 aromatic rings. The van der Waals surface area contributed by atoms with E-state index in [-0.39, 0.29) is 27.9 Å². The highest BCUT2D eigenvalue weighted by Gasteiger charge is 2.28. The quantitative estimate of drug-likeness (QED) is 0.448. The first-order chi connectivity index (χ1) is 14.4. The Morgan fingerprint density at radius 2 is 1.67 bits per heavy atom. The lowest BCUT2D eigenvalue weighted by Gasteiger charge is -2.08. The van der Waals surface area contributed by atoms with Gasteiger partial charge in [0.05, 0.1) is 12.7 Å². The molecular weight excluding hydrogens is 404 g/mol. The van der Waals surface area contributed by atoms with Crippen LogP contribution in [0.1, 0.15) is 21.5 Å². The van der Waals surface area contributed by atoms with E-state index in [4.69, 9.17) is 13.7 Å². The fraction of sp³-hybridized carbons (Fsp3) is 0.0870. The maximum atomic E-state index is 12.6. The molecule has 0 spiro atoms. The number of hydrogen-bond donors (Lipinski definition) is 0. The largest absolute Gasteiger partial charge is 0.497 e. The van der Waals surface area contributed by atoms with Crippen molar-refractivity contribution in [3.63, 3.8) is 0 Å². The second-order valence-electron chi connectivity index (χ2n) is 6.72. The van der Waals surface area contributed by atoms with Crippen molar-refractivity contribution in [2.24, 2.45) is 0 Å². The molecule has 0 saturated heterocycles. The number of benzene rings is 3. The molecule has 6 nitrogen and oxygen atoms in total. The van der Waals surface area contributed by atoms with Crippen LogP contribution in [0.3, 0.4) is 0 Å². The number of Topliss-reactive ketones (excluding diaryl/α,β-unsaturated/α-hetero) is 1. The Kier molecular flexibility index (Phi) is 5.05. The van der Waals surface area contributed by atoms with Gasteiger partial charge in [-0.3, -0.25) is 4.79 Å². The molecule has 152 valence electrons. The SMILES string of the molecule is COc1ccc(S(=O)(=O)Oc2ccc3c(c2)O/C(=C\c2cccc(C)c2)C3=O)cc1. The number of allylic oxidation sites excluding steroid dienone is 1. The Bertz CT molecular complexity index is 1260. The number of ketones is 1. The Morgan fingerprint density at radius 3 is 2.37 bits per heavy atom. The molecular formula is C23H18O6S. The highest BCUT2D eigenvalue weighted by Crippen LogP contribution is 2.35. The highest BCUT2D eigenvalue weighted by atomic mass is 32.2. The van der Waals surface area contributed by atoms with Gasteiger partial charge in [0.1, 0.15) is 22.1 Å². The van der Waals surface area contributed by atoms with E-state index < -0.39 is 10.1 Å². The molecule has 30 heavy (non-hydrogen) atoms. The van der Waals surface area contributed by atoms with Gasteiger partial charge in [-0.05, 0) is 55.0 Å². The third-order valence-corrected chi connectivity index (χ3v) is 5.80. The van der Waals surface area contributed by atoms with Crippen LogP contribution >= 0.6 is 0 Å². The summed E-state index contributed by atoms with van der Waals surface area (Å²) in [4.78, 5) is 12.6. The van der Waals surface area contributed by atoms with E-state index in [1.165, 1.54) is 49.6 Å². The Morgan fingerprint density at radius 1 is 0.933 bits per heavy atom. The van der Waals surface area contributed by atoms with E-state index in [1.807, 2.05) is 31.2 Å². The fourth-order valence-corrected chi connectivity index (χ4v) is 3.97. The van der Waals surface area contributed by atoms with E-state index in [0.29, 0.717) is 11.3 Å².